The van der Waals surface area contributed by atoms with Crippen LogP contribution in [0, 0.1) is 20.8 Å². The first-order valence-corrected chi connectivity index (χ1v) is 9.55. The van der Waals surface area contributed by atoms with Crippen LogP contribution in [-0.2, 0) is 6.18 Å². The molecule has 0 aliphatic heterocycles. The number of aromatic nitrogens is 1. The number of alkyl halides is 3. The second-order valence-electron chi connectivity index (χ2n) is 6.11. The van der Waals surface area contributed by atoms with Crippen molar-refractivity contribution in [2.24, 2.45) is 0 Å². The SMILES string of the molecule is CC.Cc1ccc(NC(=O)c2sc3nc(C)cc(C(F)(F)F)c3c2N)c(C)c1. The Balaban J connectivity index is 0.00000136. The number of amides is 1. The van der Waals surface area contributed by atoms with Gasteiger partial charge in [0.15, 0.2) is 0 Å². The van der Waals surface area contributed by atoms with Crippen molar-refractivity contribution in [2.75, 3.05) is 11.1 Å². The average Bonchev–Trinajstić information content (AvgIpc) is 2.94. The number of aryl methyl sites for hydroxylation is 3. The Labute approximate surface area is 165 Å². The fourth-order valence-electron chi connectivity index (χ4n) is 2.77. The Kier molecular flexibility index (Phi) is 6.34. The first-order valence-electron chi connectivity index (χ1n) is 8.73. The number of nitrogens with two attached hydrogens (primary N) is 1. The van der Waals surface area contributed by atoms with Gasteiger partial charge in [-0.25, -0.2) is 4.98 Å². The Morgan fingerprint density at radius 3 is 2.36 bits per heavy atom. The van der Waals surface area contributed by atoms with Crippen LogP contribution in [0.1, 0.15) is 45.9 Å². The number of hydrogen-bond acceptors (Lipinski definition) is 4. The summed E-state index contributed by atoms with van der Waals surface area (Å²) < 4.78 is 40.0. The summed E-state index contributed by atoms with van der Waals surface area (Å²) in [6, 6.07) is 6.42. The van der Waals surface area contributed by atoms with Gasteiger partial charge in [0.2, 0.25) is 0 Å². The number of nitrogen functional groups attached to an aromatic ring is 1. The molecule has 0 fully saturated rings. The molecule has 0 saturated heterocycles. The molecule has 0 saturated carbocycles. The van der Waals surface area contributed by atoms with Gasteiger partial charge < -0.3 is 11.1 Å². The maximum absolute atomic E-state index is 13.3. The highest BCUT2D eigenvalue weighted by Gasteiger charge is 2.35. The Morgan fingerprint density at radius 1 is 1.14 bits per heavy atom. The number of fused-ring (bicyclic) bond motifs is 1. The Morgan fingerprint density at radius 2 is 1.79 bits per heavy atom. The van der Waals surface area contributed by atoms with Gasteiger partial charge in [-0.15, -0.1) is 11.3 Å². The topological polar surface area (TPSA) is 68.0 Å². The van der Waals surface area contributed by atoms with E-state index >= 15 is 0 Å². The highest BCUT2D eigenvalue weighted by Crippen LogP contribution is 2.42. The molecule has 3 aromatic rings. The molecule has 2 heterocycles. The molecule has 3 N–H and O–H groups in total. The molecule has 28 heavy (non-hydrogen) atoms. The van der Waals surface area contributed by atoms with E-state index in [4.69, 9.17) is 5.73 Å². The van der Waals surface area contributed by atoms with E-state index in [-0.39, 0.29) is 26.5 Å². The molecule has 8 heteroatoms. The van der Waals surface area contributed by atoms with Crippen LogP contribution in [0.4, 0.5) is 24.5 Å². The van der Waals surface area contributed by atoms with Crippen molar-refractivity contribution >= 4 is 38.8 Å². The third-order valence-corrected chi connectivity index (χ3v) is 5.07. The van der Waals surface area contributed by atoms with Crippen LogP contribution >= 0.6 is 11.3 Å². The van der Waals surface area contributed by atoms with Crippen LogP contribution in [0.2, 0.25) is 0 Å². The number of nitrogens with zero attached hydrogens (tertiary/aromatic N) is 1. The van der Waals surface area contributed by atoms with Gasteiger partial charge in [-0.1, -0.05) is 31.5 Å². The second-order valence-corrected chi connectivity index (χ2v) is 7.11. The molecule has 0 spiro atoms. The summed E-state index contributed by atoms with van der Waals surface area (Å²) in [5, 5.41) is 2.49. The monoisotopic (exact) mass is 409 g/mol. The number of anilines is 2. The predicted octanol–water partition coefficient (Wildman–Crippen LogP) is 6.10. The van der Waals surface area contributed by atoms with E-state index in [9.17, 15) is 18.0 Å². The molecule has 0 aliphatic carbocycles. The molecule has 1 aromatic carbocycles. The molecule has 3 rings (SSSR count). The summed E-state index contributed by atoms with van der Waals surface area (Å²) in [6.07, 6.45) is -4.58. The number of carbonyl (C=O) groups is 1. The molecule has 150 valence electrons. The first-order chi connectivity index (χ1) is 13.1. The maximum Gasteiger partial charge on any atom is 0.417 e. The van der Waals surface area contributed by atoms with Gasteiger partial charge in [0.1, 0.15) is 9.71 Å². The maximum atomic E-state index is 13.3. The van der Waals surface area contributed by atoms with E-state index in [2.05, 4.69) is 10.3 Å². The molecule has 0 unspecified atom stereocenters. The second kappa shape index (κ2) is 8.18. The standard InChI is InChI=1S/C18H16F3N3OS.C2H6/c1-8-4-5-12(9(2)6-8)24-16(25)15-14(22)13-11(18(19,20)21)7-10(3)23-17(13)26-15;1-2/h4-7H,22H2,1-3H3,(H,24,25);1-2H3. The van der Waals surface area contributed by atoms with Crippen molar-refractivity contribution in [3.8, 4) is 0 Å². The molecule has 0 atom stereocenters. The summed E-state index contributed by atoms with van der Waals surface area (Å²) in [5.74, 6) is -0.553. The minimum atomic E-state index is -4.58. The Bertz CT molecular complexity index is 1030. The summed E-state index contributed by atoms with van der Waals surface area (Å²) in [5.41, 5.74) is 7.52. The zero-order chi connectivity index (χ0) is 21.2. The van der Waals surface area contributed by atoms with E-state index in [0.717, 1.165) is 28.5 Å². The minimum absolute atomic E-state index is 0.0172. The van der Waals surface area contributed by atoms with E-state index in [0.29, 0.717) is 5.69 Å². The highest BCUT2D eigenvalue weighted by atomic mass is 32.1. The van der Waals surface area contributed by atoms with Gasteiger partial charge in [0, 0.05) is 16.8 Å². The fourth-order valence-corrected chi connectivity index (χ4v) is 3.83. The van der Waals surface area contributed by atoms with E-state index in [1.165, 1.54) is 6.92 Å². The number of rotatable bonds is 2. The van der Waals surface area contributed by atoms with E-state index in [1.807, 2.05) is 39.8 Å². The normalized spacial score (nSPS) is 11.1. The molecule has 4 nitrogen and oxygen atoms in total. The molecular weight excluding hydrogens is 387 g/mol. The third kappa shape index (κ3) is 4.27. The van der Waals surface area contributed by atoms with E-state index < -0.39 is 17.6 Å². The zero-order valence-electron chi connectivity index (χ0n) is 16.3. The van der Waals surface area contributed by atoms with Crippen molar-refractivity contribution in [3.63, 3.8) is 0 Å². The molecular formula is C20H22F3N3OS. The largest absolute Gasteiger partial charge is 0.417 e. The lowest BCUT2D eigenvalue weighted by Gasteiger charge is -2.10. The number of nitrogens with one attached hydrogen (secondary N) is 1. The van der Waals surface area contributed by atoms with Crippen LogP contribution < -0.4 is 11.1 Å². The van der Waals surface area contributed by atoms with Crippen molar-refractivity contribution < 1.29 is 18.0 Å². The summed E-state index contributed by atoms with van der Waals surface area (Å²) >= 11 is 0.857. The Hall–Kier alpha value is -2.61. The number of halogens is 3. The smallest absolute Gasteiger partial charge is 0.397 e. The molecule has 0 aliphatic rings. The quantitative estimate of drug-likeness (QED) is 0.537. The first kappa shape index (κ1) is 21.7. The lowest BCUT2D eigenvalue weighted by atomic mass is 10.1. The summed E-state index contributed by atoms with van der Waals surface area (Å²) in [7, 11) is 0. The third-order valence-electron chi connectivity index (χ3n) is 3.97. The highest BCUT2D eigenvalue weighted by molar-refractivity contribution is 7.21. The van der Waals surface area contributed by atoms with Crippen molar-refractivity contribution in [2.45, 2.75) is 40.8 Å². The number of pyridine rings is 1. The fraction of sp³-hybridized carbons (Fsp3) is 0.300. The van der Waals surface area contributed by atoms with Crippen molar-refractivity contribution in [3.05, 3.63) is 51.5 Å². The van der Waals surface area contributed by atoms with Gasteiger partial charge in [0.25, 0.3) is 5.91 Å². The molecule has 0 radical (unpaired) electrons. The summed E-state index contributed by atoms with van der Waals surface area (Å²) in [6.45, 7) is 9.23. The zero-order valence-corrected chi connectivity index (χ0v) is 17.1. The van der Waals surface area contributed by atoms with Gasteiger partial charge >= 0.3 is 6.18 Å². The van der Waals surface area contributed by atoms with Crippen LogP contribution in [0.15, 0.2) is 24.3 Å². The minimum Gasteiger partial charge on any atom is -0.397 e. The molecule has 0 bridgehead atoms. The van der Waals surface area contributed by atoms with Crippen LogP contribution in [0.3, 0.4) is 0 Å². The number of carbonyl (C=O) groups excluding carboxylic acids is 1. The van der Waals surface area contributed by atoms with Crippen LogP contribution in [0.5, 0.6) is 0 Å². The van der Waals surface area contributed by atoms with Gasteiger partial charge in [-0.2, -0.15) is 13.2 Å². The van der Waals surface area contributed by atoms with Gasteiger partial charge in [-0.3, -0.25) is 4.79 Å². The average molecular weight is 409 g/mol. The van der Waals surface area contributed by atoms with Crippen molar-refractivity contribution in [1.29, 1.82) is 0 Å². The van der Waals surface area contributed by atoms with Gasteiger partial charge in [-0.05, 0) is 38.5 Å². The predicted molar refractivity (Wildman–Crippen MR) is 109 cm³/mol. The lowest BCUT2D eigenvalue weighted by Crippen LogP contribution is -2.13. The van der Waals surface area contributed by atoms with Gasteiger partial charge in [0.05, 0.1) is 11.3 Å². The van der Waals surface area contributed by atoms with Crippen LogP contribution in [0.25, 0.3) is 10.2 Å². The molecule has 1 amide bonds. The number of hydrogen-bond donors (Lipinski definition) is 2. The summed E-state index contributed by atoms with van der Waals surface area (Å²) in [4.78, 5) is 16.8. The van der Waals surface area contributed by atoms with E-state index in [1.54, 1.807) is 6.07 Å². The molecule has 2 aromatic heterocycles. The lowest BCUT2D eigenvalue weighted by molar-refractivity contribution is -0.136. The number of benzene rings is 1. The van der Waals surface area contributed by atoms with Crippen LogP contribution in [-0.4, -0.2) is 10.9 Å². The number of thiophene rings is 1. The van der Waals surface area contributed by atoms with Crippen molar-refractivity contribution in [1.82, 2.24) is 4.98 Å².